The van der Waals surface area contributed by atoms with Crippen molar-refractivity contribution >= 4 is 12.0 Å². The van der Waals surface area contributed by atoms with Gasteiger partial charge in [-0.2, -0.15) is 0 Å². The SMILES string of the molecule is O=C(O)[C@H]1CCCN(C(=O)NC2CCCCCC2O)C1. The summed E-state index contributed by atoms with van der Waals surface area (Å²) in [5.74, 6) is -1.30. The lowest BCUT2D eigenvalue weighted by Crippen LogP contribution is -2.52. The molecule has 1 heterocycles. The molecule has 0 aromatic heterocycles. The number of carboxylic acid groups (broad SMARTS) is 1. The minimum atomic E-state index is -0.836. The predicted molar refractivity (Wildman–Crippen MR) is 73.3 cm³/mol. The second kappa shape index (κ2) is 6.92. The monoisotopic (exact) mass is 284 g/mol. The molecule has 3 atom stereocenters. The molecule has 20 heavy (non-hydrogen) atoms. The number of hydrogen-bond acceptors (Lipinski definition) is 3. The lowest BCUT2D eigenvalue weighted by atomic mass is 9.98. The van der Waals surface area contributed by atoms with E-state index in [1.165, 1.54) is 0 Å². The molecule has 2 unspecified atom stereocenters. The smallest absolute Gasteiger partial charge is 0.317 e. The molecule has 6 heteroatoms. The highest BCUT2D eigenvalue weighted by Crippen LogP contribution is 2.20. The maximum absolute atomic E-state index is 12.2. The molecule has 1 saturated heterocycles. The standard InChI is InChI=1S/C14H24N2O4/c17-12-7-3-1-2-6-11(12)15-14(20)16-8-4-5-10(9-16)13(18)19/h10-12,17H,1-9H2,(H,15,20)(H,18,19)/t10-,11?,12?/m0/s1. The van der Waals surface area contributed by atoms with E-state index in [1.807, 2.05) is 0 Å². The Hall–Kier alpha value is -1.30. The molecular formula is C14H24N2O4. The summed E-state index contributed by atoms with van der Waals surface area (Å²) in [4.78, 5) is 24.8. The third-order valence-corrected chi connectivity index (χ3v) is 4.35. The van der Waals surface area contributed by atoms with Crippen LogP contribution in [0.15, 0.2) is 0 Å². The van der Waals surface area contributed by atoms with Crippen LogP contribution in [0.4, 0.5) is 4.79 Å². The quantitative estimate of drug-likeness (QED) is 0.664. The maximum Gasteiger partial charge on any atom is 0.317 e. The van der Waals surface area contributed by atoms with Gasteiger partial charge in [-0.05, 0) is 25.7 Å². The van der Waals surface area contributed by atoms with Gasteiger partial charge in [0.1, 0.15) is 0 Å². The maximum atomic E-state index is 12.2. The van der Waals surface area contributed by atoms with Crippen molar-refractivity contribution in [2.45, 2.75) is 57.1 Å². The molecule has 6 nitrogen and oxygen atoms in total. The fraction of sp³-hybridized carbons (Fsp3) is 0.857. The first-order valence-electron chi connectivity index (χ1n) is 7.54. The van der Waals surface area contributed by atoms with Crippen molar-refractivity contribution in [3.8, 4) is 0 Å². The van der Waals surface area contributed by atoms with Crippen molar-refractivity contribution in [3.63, 3.8) is 0 Å². The van der Waals surface area contributed by atoms with Gasteiger partial charge in [0.05, 0.1) is 18.1 Å². The number of nitrogens with one attached hydrogen (secondary N) is 1. The van der Waals surface area contributed by atoms with Crippen molar-refractivity contribution in [3.05, 3.63) is 0 Å². The molecule has 2 fully saturated rings. The van der Waals surface area contributed by atoms with E-state index in [-0.39, 0.29) is 18.6 Å². The van der Waals surface area contributed by atoms with E-state index in [1.54, 1.807) is 4.90 Å². The predicted octanol–water partition coefficient (Wildman–Crippen LogP) is 1.19. The first-order valence-corrected chi connectivity index (χ1v) is 7.54. The number of rotatable bonds is 2. The highest BCUT2D eigenvalue weighted by Gasteiger charge is 2.30. The normalized spacial score (nSPS) is 31.4. The lowest BCUT2D eigenvalue weighted by Gasteiger charge is -2.33. The van der Waals surface area contributed by atoms with Crippen molar-refractivity contribution in [1.82, 2.24) is 10.2 Å². The number of nitrogens with zero attached hydrogens (tertiary/aromatic N) is 1. The Labute approximate surface area is 119 Å². The summed E-state index contributed by atoms with van der Waals surface area (Å²) in [6.45, 7) is 0.864. The Morgan fingerprint density at radius 3 is 2.55 bits per heavy atom. The van der Waals surface area contributed by atoms with Gasteiger partial charge < -0.3 is 20.4 Å². The van der Waals surface area contributed by atoms with E-state index in [4.69, 9.17) is 5.11 Å². The molecule has 1 aliphatic heterocycles. The zero-order valence-corrected chi connectivity index (χ0v) is 11.8. The molecule has 2 rings (SSSR count). The van der Waals surface area contributed by atoms with Crippen molar-refractivity contribution in [1.29, 1.82) is 0 Å². The second-order valence-electron chi connectivity index (χ2n) is 5.88. The minimum Gasteiger partial charge on any atom is -0.481 e. The van der Waals surface area contributed by atoms with Crippen LogP contribution in [0.25, 0.3) is 0 Å². The molecular weight excluding hydrogens is 260 g/mol. The molecule has 0 bridgehead atoms. The molecule has 0 spiro atoms. The summed E-state index contributed by atoms with van der Waals surface area (Å²) in [5, 5.41) is 21.9. The highest BCUT2D eigenvalue weighted by molar-refractivity contribution is 5.76. The fourth-order valence-electron chi connectivity index (χ4n) is 3.07. The fourth-order valence-corrected chi connectivity index (χ4v) is 3.07. The van der Waals surface area contributed by atoms with Crippen LogP contribution in [0.5, 0.6) is 0 Å². The molecule has 114 valence electrons. The van der Waals surface area contributed by atoms with Gasteiger partial charge in [-0.3, -0.25) is 4.79 Å². The number of aliphatic hydroxyl groups excluding tert-OH is 1. The van der Waals surface area contributed by atoms with Crippen molar-refractivity contribution in [2.75, 3.05) is 13.1 Å². The van der Waals surface area contributed by atoms with Crippen LogP contribution in [0.3, 0.4) is 0 Å². The lowest BCUT2D eigenvalue weighted by molar-refractivity contribution is -0.143. The van der Waals surface area contributed by atoms with Crippen LogP contribution in [-0.2, 0) is 4.79 Å². The summed E-state index contributed by atoms with van der Waals surface area (Å²) in [5.41, 5.74) is 0. The first kappa shape index (κ1) is 15.1. The number of carbonyl (C=O) groups excluding carboxylic acids is 1. The Morgan fingerprint density at radius 2 is 1.80 bits per heavy atom. The number of amides is 2. The number of piperidine rings is 1. The average molecular weight is 284 g/mol. The Balaban J connectivity index is 1.88. The van der Waals surface area contributed by atoms with E-state index < -0.39 is 18.0 Å². The van der Waals surface area contributed by atoms with Gasteiger partial charge in [0.15, 0.2) is 0 Å². The Bertz CT molecular complexity index is 361. The van der Waals surface area contributed by atoms with Crippen LogP contribution >= 0.6 is 0 Å². The Kier molecular flexibility index (Phi) is 5.23. The van der Waals surface area contributed by atoms with Gasteiger partial charge in [-0.1, -0.05) is 19.3 Å². The zero-order chi connectivity index (χ0) is 14.5. The first-order chi connectivity index (χ1) is 9.58. The molecule has 1 saturated carbocycles. The van der Waals surface area contributed by atoms with Gasteiger partial charge in [-0.15, -0.1) is 0 Å². The summed E-state index contributed by atoms with van der Waals surface area (Å²) in [7, 11) is 0. The average Bonchev–Trinajstić information content (AvgIpc) is 2.64. The van der Waals surface area contributed by atoms with Gasteiger partial charge >= 0.3 is 12.0 Å². The van der Waals surface area contributed by atoms with Crippen LogP contribution in [0.1, 0.15) is 44.9 Å². The van der Waals surface area contributed by atoms with Gasteiger partial charge in [-0.25, -0.2) is 4.79 Å². The molecule has 1 aliphatic carbocycles. The molecule has 3 N–H and O–H groups in total. The highest BCUT2D eigenvalue weighted by atomic mass is 16.4. The number of carbonyl (C=O) groups is 2. The third kappa shape index (κ3) is 3.85. The van der Waals surface area contributed by atoms with Crippen LogP contribution in [0, 0.1) is 5.92 Å². The van der Waals surface area contributed by atoms with Gasteiger partial charge in [0.25, 0.3) is 0 Å². The molecule has 0 aromatic carbocycles. The second-order valence-corrected chi connectivity index (χ2v) is 5.88. The number of aliphatic hydroxyl groups is 1. The zero-order valence-electron chi connectivity index (χ0n) is 11.8. The van der Waals surface area contributed by atoms with Crippen LogP contribution in [0.2, 0.25) is 0 Å². The largest absolute Gasteiger partial charge is 0.481 e. The summed E-state index contributed by atoms with van der Waals surface area (Å²) >= 11 is 0. The van der Waals surface area contributed by atoms with Crippen molar-refractivity contribution in [2.24, 2.45) is 5.92 Å². The van der Waals surface area contributed by atoms with Gasteiger partial charge in [0, 0.05) is 13.1 Å². The van der Waals surface area contributed by atoms with E-state index >= 15 is 0 Å². The van der Waals surface area contributed by atoms with Crippen LogP contribution in [-0.4, -0.2) is 52.3 Å². The minimum absolute atomic E-state index is 0.199. The molecule has 2 amide bonds. The molecule has 0 aromatic rings. The number of aliphatic carboxylic acids is 1. The van der Waals surface area contributed by atoms with E-state index in [0.29, 0.717) is 13.0 Å². The number of likely N-dealkylation sites (tertiary alicyclic amines) is 1. The molecule has 2 aliphatic rings. The van der Waals surface area contributed by atoms with Crippen LogP contribution < -0.4 is 5.32 Å². The summed E-state index contributed by atoms with van der Waals surface area (Å²) in [6.07, 6.45) is 5.49. The summed E-state index contributed by atoms with van der Waals surface area (Å²) < 4.78 is 0. The number of carboxylic acids is 1. The van der Waals surface area contributed by atoms with Crippen molar-refractivity contribution < 1.29 is 19.8 Å². The van der Waals surface area contributed by atoms with E-state index in [0.717, 1.165) is 38.5 Å². The third-order valence-electron chi connectivity index (χ3n) is 4.35. The van der Waals surface area contributed by atoms with E-state index in [2.05, 4.69) is 5.32 Å². The topological polar surface area (TPSA) is 89.9 Å². The molecule has 0 radical (unpaired) electrons. The van der Waals surface area contributed by atoms with Gasteiger partial charge in [0.2, 0.25) is 0 Å². The number of hydrogen-bond donors (Lipinski definition) is 3. The van der Waals surface area contributed by atoms with E-state index in [9.17, 15) is 14.7 Å². The number of urea groups is 1. The Morgan fingerprint density at radius 1 is 1.05 bits per heavy atom. The summed E-state index contributed by atoms with van der Waals surface area (Å²) in [6, 6.07) is -0.433.